The first-order valence-corrected chi connectivity index (χ1v) is 7.94. The van der Waals surface area contributed by atoms with Crippen molar-refractivity contribution in [3.63, 3.8) is 0 Å². The predicted molar refractivity (Wildman–Crippen MR) is 83.2 cm³/mol. The molecule has 1 aromatic carbocycles. The minimum absolute atomic E-state index is 0.135. The van der Waals surface area contributed by atoms with Gasteiger partial charge in [0.15, 0.2) is 0 Å². The Morgan fingerprint density at radius 3 is 2.95 bits per heavy atom. The Kier molecular flexibility index (Phi) is 4.78. The average Bonchev–Trinajstić information content (AvgIpc) is 2.52. The van der Waals surface area contributed by atoms with E-state index in [2.05, 4.69) is 9.97 Å². The molecule has 0 radical (unpaired) electrons. The van der Waals surface area contributed by atoms with Crippen LogP contribution in [0.3, 0.4) is 0 Å². The summed E-state index contributed by atoms with van der Waals surface area (Å²) in [6.07, 6.45) is 3.47. The van der Waals surface area contributed by atoms with Gasteiger partial charge in [0, 0.05) is 11.6 Å². The maximum absolute atomic E-state index is 6.01. The van der Waals surface area contributed by atoms with Crippen LogP contribution >= 0.6 is 23.2 Å². The van der Waals surface area contributed by atoms with E-state index in [1.807, 2.05) is 6.07 Å². The number of benzene rings is 1. The van der Waals surface area contributed by atoms with Crippen LogP contribution in [-0.2, 0) is 10.6 Å². The topological polar surface area (TPSA) is 44.2 Å². The van der Waals surface area contributed by atoms with Crippen molar-refractivity contribution < 1.29 is 9.47 Å². The lowest BCUT2D eigenvalue weighted by atomic mass is 10.1. The normalized spacial score (nSPS) is 18.9. The number of fused-ring (bicyclic) bond motifs is 1. The molecule has 1 aliphatic rings. The van der Waals surface area contributed by atoms with Gasteiger partial charge in [0.1, 0.15) is 12.4 Å². The molecule has 0 N–H and O–H groups in total. The molecule has 6 heteroatoms. The van der Waals surface area contributed by atoms with Crippen molar-refractivity contribution in [2.24, 2.45) is 0 Å². The number of halogens is 2. The van der Waals surface area contributed by atoms with E-state index in [1.165, 1.54) is 6.42 Å². The van der Waals surface area contributed by atoms with Gasteiger partial charge in [-0.2, -0.15) is 4.98 Å². The molecular formula is C15H16Cl2N2O2. The molecule has 1 atom stereocenters. The van der Waals surface area contributed by atoms with E-state index < -0.39 is 0 Å². The first-order valence-electron chi connectivity index (χ1n) is 7.03. The third-order valence-corrected chi connectivity index (χ3v) is 3.94. The van der Waals surface area contributed by atoms with Crippen molar-refractivity contribution in [2.75, 3.05) is 13.2 Å². The summed E-state index contributed by atoms with van der Waals surface area (Å²) in [4.78, 5) is 8.74. The SMILES string of the molecule is ClCc1nc(OCC2CCCCO2)c2ccc(Cl)cc2n1. The fraction of sp³-hybridized carbons (Fsp3) is 0.467. The molecule has 0 saturated carbocycles. The highest BCUT2D eigenvalue weighted by Gasteiger charge is 2.16. The summed E-state index contributed by atoms with van der Waals surface area (Å²) in [7, 11) is 0. The van der Waals surface area contributed by atoms with Gasteiger partial charge >= 0.3 is 0 Å². The number of rotatable bonds is 4. The minimum atomic E-state index is 0.135. The summed E-state index contributed by atoms with van der Waals surface area (Å²) in [6.45, 7) is 1.30. The number of hydrogen-bond donors (Lipinski definition) is 0. The lowest BCUT2D eigenvalue weighted by Gasteiger charge is -2.22. The van der Waals surface area contributed by atoms with Gasteiger partial charge in [0.05, 0.1) is 22.9 Å². The summed E-state index contributed by atoms with van der Waals surface area (Å²) in [5, 5.41) is 1.47. The zero-order chi connectivity index (χ0) is 14.7. The Labute approximate surface area is 133 Å². The van der Waals surface area contributed by atoms with Crippen molar-refractivity contribution >= 4 is 34.1 Å². The average molecular weight is 327 g/mol. The molecule has 2 heterocycles. The van der Waals surface area contributed by atoms with Crippen molar-refractivity contribution in [1.82, 2.24) is 9.97 Å². The molecule has 1 unspecified atom stereocenters. The second-order valence-electron chi connectivity index (χ2n) is 5.04. The molecular weight excluding hydrogens is 311 g/mol. The van der Waals surface area contributed by atoms with Gasteiger partial charge < -0.3 is 9.47 Å². The molecule has 2 aromatic rings. The smallest absolute Gasteiger partial charge is 0.224 e. The second kappa shape index (κ2) is 6.77. The van der Waals surface area contributed by atoms with Crippen LogP contribution in [0.1, 0.15) is 25.1 Å². The highest BCUT2D eigenvalue weighted by molar-refractivity contribution is 6.31. The number of alkyl halides is 1. The highest BCUT2D eigenvalue weighted by atomic mass is 35.5. The van der Waals surface area contributed by atoms with E-state index in [-0.39, 0.29) is 12.0 Å². The molecule has 1 fully saturated rings. The standard InChI is InChI=1S/C15H16Cl2N2O2/c16-8-14-18-13-7-10(17)4-5-12(13)15(19-14)21-9-11-3-1-2-6-20-11/h4-5,7,11H,1-3,6,8-9H2. The van der Waals surface area contributed by atoms with E-state index in [1.54, 1.807) is 12.1 Å². The molecule has 112 valence electrons. The monoisotopic (exact) mass is 326 g/mol. The van der Waals surface area contributed by atoms with Crippen LogP contribution in [0.15, 0.2) is 18.2 Å². The van der Waals surface area contributed by atoms with E-state index in [4.69, 9.17) is 32.7 Å². The third-order valence-electron chi connectivity index (χ3n) is 3.47. The van der Waals surface area contributed by atoms with Crippen LogP contribution in [0.25, 0.3) is 10.9 Å². The van der Waals surface area contributed by atoms with Crippen LogP contribution in [0.4, 0.5) is 0 Å². The van der Waals surface area contributed by atoms with Crippen molar-refractivity contribution in [1.29, 1.82) is 0 Å². The fourth-order valence-electron chi connectivity index (χ4n) is 2.40. The second-order valence-corrected chi connectivity index (χ2v) is 5.74. The number of ether oxygens (including phenoxy) is 2. The molecule has 3 rings (SSSR count). The Balaban J connectivity index is 1.85. The first kappa shape index (κ1) is 14.8. The number of nitrogens with zero attached hydrogens (tertiary/aromatic N) is 2. The zero-order valence-electron chi connectivity index (χ0n) is 11.5. The molecule has 1 saturated heterocycles. The lowest BCUT2D eigenvalue weighted by molar-refractivity contribution is -0.0116. The molecule has 21 heavy (non-hydrogen) atoms. The Bertz CT molecular complexity index is 630. The molecule has 0 amide bonds. The molecule has 4 nitrogen and oxygen atoms in total. The molecule has 0 spiro atoms. The summed E-state index contributed by atoms with van der Waals surface area (Å²) in [5.74, 6) is 1.31. The summed E-state index contributed by atoms with van der Waals surface area (Å²) >= 11 is 11.9. The lowest BCUT2D eigenvalue weighted by Crippen LogP contribution is -2.26. The van der Waals surface area contributed by atoms with Gasteiger partial charge in [-0.1, -0.05) is 11.6 Å². The third kappa shape index (κ3) is 3.57. The van der Waals surface area contributed by atoms with Gasteiger partial charge in [0.25, 0.3) is 0 Å². The predicted octanol–water partition coefficient (Wildman–Crippen LogP) is 3.97. The molecule has 1 aliphatic heterocycles. The maximum atomic E-state index is 6.01. The van der Waals surface area contributed by atoms with Gasteiger partial charge in [-0.25, -0.2) is 4.98 Å². The zero-order valence-corrected chi connectivity index (χ0v) is 13.0. The van der Waals surface area contributed by atoms with E-state index in [0.29, 0.717) is 23.3 Å². The largest absolute Gasteiger partial charge is 0.474 e. The minimum Gasteiger partial charge on any atom is -0.474 e. The van der Waals surface area contributed by atoms with Crippen molar-refractivity contribution in [2.45, 2.75) is 31.2 Å². The maximum Gasteiger partial charge on any atom is 0.224 e. The van der Waals surface area contributed by atoms with Crippen LogP contribution in [0.2, 0.25) is 5.02 Å². The van der Waals surface area contributed by atoms with Gasteiger partial charge in [-0.15, -0.1) is 11.6 Å². The van der Waals surface area contributed by atoms with Gasteiger partial charge in [-0.3, -0.25) is 0 Å². The Morgan fingerprint density at radius 1 is 1.29 bits per heavy atom. The van der Waals surface area contributed by atoms with Crippen molar-refractivity contribution in [3.05, 3.63) is 29.0 Å². The molecule has 1 aromatic heterocycles. The summed E-state index contributed by atoms with van der Waals surface area (Å²) < 4.78 is 11.5. The molecule has 0 aliphatic carbocycles. The first-order chi connectivity index (χ1) is 10.3. The Morgan fingerprint density at radius 2 is 2.19 bits per heavy atom. The quantitative estimate of drug-likeness (QED) is 0.797. The van der Waals surface area contributed by atoms with Crippen LogP contribution in [0.5, 0.6) is 5.88 Å². The fourth-order valence-corrected chi connectivity index (χ4v) is 2.69. The summed E-state index contributed by atoms with van der Waals surface area (Å²) in [5.41, 5.74) is 0.743. The van der Waals surface area contributed by atoms with Crippen LogP contribution in [-0.4, -0.2) is 29.3 Å². The van der Waals surface area contributed by atoms with Crippen LogP contribution in [0, 0.1) is 0 Å². The Hall–Kier alpha value is -1.10. The number of hydrogen-bond acceptors (Lipinski definition) is 4. The number of aromatic nitrogens is 2. The van der Waals surface area contributed by atoms with E-state index in [9.17, 15) is 0 Å². The van der Waals surface area contributed by atoms with Crippen molar-refractivity contribution in [3.8, 4) is 5.88 Å². The van der Waals surface area contributed by atoms with Gasteiger partial charge in [-0.05, 0) is 37.5 Å². The van der Waals surface area contributed by atoms with Crippen LogP contribution < -0.4 is 4.74 Å². The highest BCUT2D eigenvalue weighted by Crippen LogP contribution is 2.26. The summed E-state index contributed by atoms with van der Waals surface area (Å²) in [6, 6.07) is 5.46. The van der Waals surface area contributed by atoms with E-state index >= 15 is 0 Å². The van der Waals surface area contributed by atoms with E-state index in [0.717, 1.165) is 30.4 Å². The molecule has 0 bridgehead atoms. The van der Waals surface area contributed by atoms with Gasteiger partial charge in [0.2, 0.25) is 5.88 Å².